The molecule has 6 nitrogen and oxygen atoms in total. The normalized spacial score (nSPS) is 10.2. The summed E-state index contributed by atoms with van der Waals surface area (Å²) in [6.45, 7) is 0.397. The van der Waals surface area contributed by atoms with Crippen molar-refractivity contribution in [3.8, 4) is 0 Å². The third kappa shape index (κ3) is 3.24. The maximum atomic E-state index is 11.0. The van der Waals surface area contributed by atoms with Crippen molar-refractivity contribution in [2.75, 3.05) is 11.1 Å². The van der Waals surface area contributed by atoms with Crippen LogP contribution in [0.1, 0.15) is 11.1 Å². The van der Waals surface area contributed by atoms with E-state index >= 15 is 0 Å². The van der Waals surface area contributed by atoms with E-state index in [2.05, 4.69) is 5.32 Å². The minimum absolute atomic E-state index is 0.0319. The molecule has 0 spiro atoms. The van der Waals surface area contributed by atoms with E-state index in [0.717, 1.165) is 11.1 Å². The Morgan fingerprint density at radius 1 is 1.20 bits per heavy atom. The summed E-state index contributed by atoms with van der Waals surface area (Å²) in [7, 11) is 0. The van der Waals surface area contributed by atoms with Crippen LogP contribution < -0.4 is 11.1 Å². The van der Waals surface area contributed by atoms with Gasteiger partial charge in [0.15, 0.2) is 0 Å². The second-order valence-electron chi connectivity index (χ2n) is 4.37. The van der Waals surface area contributed by atoms with Gasteiger partial charge in [-0.05, 0) is 23.3 Å². The SMILES string of the molecule is Nc1ccc(NCc2cccc(CO)c2)c([N+](=O)[O-])c1. The minimum atomic E-state index is -0.469. The minimum Gasteiger partial charge on any atom is -0.399 e. The average molecular weight is 273 g/mol. The van der Waals surface area contributed by atoms with Crippen molar-refractivity contribution in [3.63, 3.8) is 0 Å². The molecular formula is C14H15N3O3. The van der Waals surface area contributed by atoms with Crippen LogP contribution in [0, 0.1) is 10.1 Å². The molecule has 0 aliphatic heterocycles. The Kier molecular flexibility index (Phi) is 4.17. The first-order valence-corrected chi connectivity index (χ1v) is 6.06. The van der Waals surface area contributed by atoms with E-state index in [0.29, 0.717) is 17.9 Å². The van der Waals surface area contributed by atoms with Crippen molar-refractivity contribution in [2.45, 2.75) is 13.2 Å². The van der Waals surface area contributed by atoms with Gasteiger partial charge in [0.05, 0.1) is 11.5 Å². The molecule has 0 amide bonds. The molecule has 0 unspecified atom stereocenters. The molecule has 0 atom stereocenters. The lowest BCUT2D eigenvalue weighted by molar-refractivity contribution is -0.383. The number of nitrogens with zero attached hydrogens (tertiary/aromatic N) is 1. The van der Waals surface area contributed by atoms with Crippen LogP contribution in [0.25, 0.3) is 0 Å². The van der Waals surface area contributed by atoms with Gasteiger partial charge in [-0.1, -0.05) is 24.3 Å². The van der Waals surface area contributed by atoms with E-state index in [1.54, 1.807) is 12.1 Å². The Balaban J connectivity index is 2.16. The van der Waals surface area contributed by atoms with Gasteiger partial charge in [-0.25, -0.2) is 0 Å². The third-order valence-electron chi connectivity index (χ3n) is 2.88. The number of hydrogen-bond donors (Lipinski definition) is 3. The Morgan fingerprint density at radius 3 is 2.65 bits per heavy atom. The monoisotopic (exact) mass is 273 g/mol. The molecule has 2 rings (SSSR count). The van der Waals surface area contributed by atoms with Crippen molar-refractivity contribution < 1.29 is 10.0 Å². The molecule has 0 radical (unpaired) electrons. The quantitative estimate of drug-likeness (QED) is 0.440. The highest BCUT2D eigenvalue weighted by Crippen LogP contribution is 2.27. The summed E-state index contributed by atoms with van der Waals surface area (Å²) in [5, 5.41) is 23.0. The molecule has 0 bridgehead atoms. The van der Waals surface area contributed by atoms with Gasteiger partial charge in [0, 0.05) is 18.3 Å². The van der Waals surface area contributed by atoms with Crippen molar-refractivity contribution in [3.05, 3.63) is 63.7 Å². The third-order valence-corrected chi connectivity index (χ3v) is 2.88. The summed E-state index contributed by atoms with van der Waals surface area (Å²) in [6, 6.07) is 11.9. The van der Waals surface area contributed by atoms with Gasteiger partial charge in [0.2, 0.25) is 0 Å². The zero-order valence-electron chi connectivity index (χ0n) is 10.7. The van der Waals surface area contributed by atoms with E-state index in [4.69, 9.17) is 10.8 Å². The zero-order valence-corrected chi connectivity index (χ0v) is 10.7. The van der Waals surface area contributed by atoms with E-state index in [1.165, 1.54) is 6.07 Å². The van der Waals surface area contributed by atoms with E-state index in [9.17, 15) is 10.1 Å². The molecule has 4 N–H and O–H groups in total. The maximum absolute atomic E-state index is 11.0. The highest BCUT2D eigenvalue weighted by molar-refractivity contribution is 5.66. The first kappa shape index (κ1) is 13.8. The number of aliphatic hydroxyl groups excluding tert-OH is 1. The fourth-order valence-electron chi connectivity index (χ4n) is 1.88. The number of nitro groups is 1. The summed E-state index contributed by atoms with van der Waals surface area (Å²) in [5.41, 5.74) is 8.00. The van der Waals surface area contributed by atoms with Crippen LogP contribution in [0.2, 0.25) is 0 Å². The molecule has 20 heavy (non-hydrogen) atoms. The lowest BCUT2D eigenvalue weighted by Gasteiger charge is -2.08. The smallest absolute Gasteiger partial charge is 0.294 e. The van der Waals surface area contributed by atoms with Crippen molar-refractivity contribution in [1.29, 1.82) is 0 Å². The molecule has 2 aromatic carbocycles. The standard InChI is InChI=1S/C14H15N3O3/c15-12-4-5-13(14(7-12)17(19)20)16-8-10-2-1-3-11(6-10)9-18/h1-7,16,18H,8-9,15H2. The highest BCUT2D eigenvalue weighted by atomic mass is 16.6. The molecule has 6 heteroatoms. The fourth-order valence-corrected chi connectivity index (χ4v) is 1.88. The summed E-state index contributed by atoms with van der Waals surface area (Å²) >= 11 is 0. The number of aliphatic hydroxyl groups is 1. The molecule has 0 aliphatic rings. The molecular weight excluding hydrogens is 258 g/mol. The van der Waals surface area contributed by atoms with Crippen LogP contribution in [0.3, 0.4) is 0 Å². The number of nitrogens with one attached hydrogen (secondary N) is 1. The number of hydrogen-bond acceptors (Lipinski definition) is 5. The number of nitrogens with two attached hydrogens (primary N) is 1. The highest BCUT2D eigenvalue weighted by Gasteiger charge is 2.13. The topological polar surface area (TPSA) is 101 Å². The van der Waals surface area contributed by atoms with Crippen LogP contribution in [-0.4, -0.2) is 10.0 Å². The predicted molar refractivity (Wildman–Crippen MR) is 77.2 cm³/mol. The summed E-state index contributed by atoms with van der Waals surface area (Å²) < 4.78 is 0. The fraction of sp³-hybridized carbons (Fsp3) is 0.143. The molecule has 0 fully saturated rings. The van der Waals surface area contributed by atoms with Crippen LogP contribution in [0.4, 0.5) is 17.1 Å². The van der Waals surface area contributed by atoms with Gasteiger partial charge < -0.3 is 16.2 Å². The van der Waals surface area contributed by atoms with Crippen LogP contribution in [0.15, 0.2) is 42.5 Å². The van der Waals surface area contributed by atoms with Crippen LogP contribution >= 0.6 is 0 Å². The van der Waals surface area contributed by atoms with Crippen LogP contribution in [-0.2, 0) is 13.2 Å². The summed E-state index contributed by atoms with van der Waals surface area (Å²) in [4.78, 5) is 10.5. The molecule has 0 aliphatic carbocycles. The van der Waals surface area contributed by atoms with Gasteiger partial charge in [0.1, 0.15) is 5.69 Å². The Bertz CT molecular complexity index is 629. The molecule has 0 aromatic heterocycles. The first-order chi connectivity index (χ1) is 9.60. The van der Waals surface area contributed by atoms with E-state index in [1.807, 2.05) is 24.3 Å². The van der Waals surface area contributed by atoms with Gasteiger partial charge in [0.25, 0.3) is 5.69 Å². The van der Waals surface area contributed by atoms with Crippen LogP contribution in [0.5, 0.6) is 0 Å². The van der Waals surface area contributed by atoms with Gasteiger partial charge in [-0.15, -0.1) is 0 Å². The number of benzene rings is 2. The van der Waals surface area contributed by atoms with E-state index < -0.39 is 4.92 Å². The first-order valence-electron chi connectivity index (χ1n) is 6.06. The second kappa shape index (κ2) is 6.03. The van der Waals surface area contributed by atoms with Gasteiger partial charge in [-0.3, -0.25) is 10.1 Å². The number of anilines is 2. The van der Waals surface area contributed by atoms with Crippen molar-refractivity contribution >= 4 is 17.1 Å². The molecule has 2 aromatic rings. The van der Waals surface area contributed by atoms with Gasteiger partial charge >= 0.3 is 0 Å². The largest absolute Gasteiger partial charge is 0.399 e. The van der Waals surface area contributed by atoms with E-state index in [-0.39, 0.29) is 12.3 Å². The number of nitro benzene ring substituents is 1. The van der Waals surface area contributed by atoms with Gasteiger partial charge in [-0.2, -0.15) is 0 Å². The Morgan fingerprint density at radius 2 is 1.95 bits per heavy atom. The lowest BCUT2D eigenvalue weighted by atomic mass is 10.1. The molecule has 0 saturated carbocycles. The molecule has 0 heterocycles. The number of nitrogen functional groups attached to an aromatic ring is 1. The summed E-state index contributed by atoms with van der Waals surface area (Å²) in [5.74, 6) is 0. The average Bonchev–Trinajstić information content (AvgIpc) is 2.46. The molecule has 104 valence electrons. The predicted octanol–water partition coefficient (Wildman–Crippen LogP) is 2.28. The van der Waals surface area contributed by atoms with Crippen molar-refractivity contribution in [1.82, 2.24) is 0 Å². The summed E-state index contributed by atoms with van der Waals surface area (Å²) in [6.07, 6.45) is 0. The number of rotatable bonds is 5. The second-order valence-corrected chi connectivity index (χ2v) is 4.37. The maximum Gasteiger partial charge on any atom is 0.294 e. The lowest BCUT2D eigenvalue weighted by Crippen LogP contribution is -2.03. The zero-order chi connectivity index (χ0) is 14.5. The Hall–Kier alpha value is -2.60. The molecule has 0 saturated heterocycles. The van der Waals surface area contributed by atoms with Crippen molar-refractivity contribution in [2.24, 2.45) is 0 Å². The Labute approximate surface area is 116 Å².